The van der Waals surface area contributed by atoms with E-state index < -0.39 is 0 Å². The second-order valence-electron chi connectivity index (χ2n) is 6.86. The van der Waals surface area contributed by atoms with E-state index in [0.717, 1.165) is 49.6 Å². The molecule has 1 aromatic carbocycles. The van der Waals surface area contributed by atoms with E-state index in [0.29, 0.717) is 12.0 Å². The number of rotatable bonds is 3. The molecule has 0 saturated carbocycles. The van der Waals surface area contributed by atoms with Crippen molar-refractivity contribution in [3.63, 3.8) is 0 Å². The molecule has 2 aliphatic heterocycles. The first-order chi connectivity index (χ1) is 12.1. The summed E-state index contributed by atoms with van der Waals surface area (Å²) in [6.45, 7) is 3.52. The van der Waals surface area contributed by atoms with Gasteiger partial charge in [0.1, 0.15) is 5.82 Å². The van der Waals surface area contributed by atoms with Gasteiger partial charge in [-0.25, -0.2) is 4.98 Å². The van der Waals surface area contributed by atoms with E-state index in [2.05, 4.69) is 14.9 Å². The minimum Gasteiger partial charge on any atom is -0.347 e. The smallest absolute Gasteiger partial charge is 0.251 e. The first kappa shape index (κ1) is 15.9. The van der Waals surface area contributed by atoms with Crippen LogP contribution in [0.4, 0.5) is 5.69 Å². The zero-order valence-corrected chi connectivity index (χ0v) is 14.4. The van der Waals surface area contributed by atoms with Gasteiger partial charge in [0.25, 0.3) is 5.91 Å². The molecule has 1 saturated heterocycles. The number of aromatic nitrogens is 2. The number of hydrogen-bond donors (Lipinski definition) is 1. The van der Waals surface area contributed by atoms with Crippen LogP contribution in [0, 0.1) is 6.92 Å². The maximum Gasteiger partial charge on any atom is 0.251 e. The summed E-state index contributed by atoms with van der Waals surface area (Å²) in [7, 11) is 0. The Morgan fingerprint density at radius 1 is 1.24 bits per heavy atom. The van der Waals surface area contributed by atoms with Crippen molar-refractivity contribution in [1.82, 2.24) is 14.9 Å². The molecule has 2 amide bonds. The van der Waals surface area contributed by atoms with E-state index in [4.69, 9.17) is 0 Å². The average Bonchev–Trinajstić information content (AvgIpc) is 3.19. The minimum atomic E-state index is -0.0652. The number of nitrogens with one attached hydrogen (secondary N) is 1. The van der Waals surface area contributed by atoms with E-state index in [1.54, 1.807) is 17.0 Å². The van der Waals surface area contributed by atoms with E-state index >= 15 is 0 Å². The van der Waals surface area contributed by atoms with Crippen molar-refractivity contribution in [1.29, 1.82) is 0 Å². The highest BCUT2D eigenvalue weighted by Crippen LogP contribution is 2.22. The molecule has 2 aromatic rings. The Hall–Kier alpha value is -2.63. The highest BCUT2D eigenvalue weighted by Gasteiger charge is 2.23. The SMILES string of the molecule is Cc1cn2c(n1)CC[C@@H](NC(=O)c1ccc(N3CCCC3=O)cc1)C2. The van der Waals surface area contributed by atoms with Crippen molar-refractivity contribution < 1.29 is 9.59 Å². The lowest BCUT2D eigenvalue weighted by molar-refractivity contribution is -0.117. The monoisotopic (exact) mass is 338 g/mol. The van der Waals surface area contributed by atoms with E-state index in [-0.39, 0.29) is 17.9 Å². The highest BCUT2D eigenvalue weighted by atomic mass is 16.2. The van der Waals surface area contributed by atoms with E-state index in [9.17, 15) is 9.59 Å². The van der Waals surface area contributed by atoms with Gasteiger partial charge in [0.05, 0.1) is 5.69 Å². The fourth-order valence-electron chi connectivity index (χ4n) is 3.69. The fourth-order valence-corrected chi connectivity index (χ4v) is 3.69. The molecule has 0 radical (unpaired) electrons. The molecule has 1 fully saturated rings. The number of benzene rings is 1. The van der Waals surface area contributed by atoms with Crippen LogP contribution in [0.1, 0.15) is 41.1 Å². The van der Waals surface area contributed by atoms with Gasteiger partial charge in [-0.05, 0) is 44.0 Å². The maximum absolute atomic E-state index is 12.5. The quantitative estimate of drug-likeness (QED) is 0.931. The number of imidazole rings is 1. The van der Waals surface area contributed by atoms with Crippen LogP contribution in [0.3, 0.4) is 0 Å². The Balaban J connectivity index is 1.40. The number of nitrogens with zero attached hydrogens (tertiary/aromatic N) is 3. The van der Waals surface area contributed by atoms with Crippen LogP contribution in [-0.2, 0) is 17.8 Å². The summed E-state index contributed by atoms with van der Waals surface area (Å²) >= 11 is 0. The van der Waals surface area contributed by atoms with Gasteiger partial charge >= 0.3 is 0 Å². The number of carbonyl (C=O) groups is 2. The zero-order chi connectivity index (χ0) is 17.4. The van der Waals surface area contributed by atoms with Gasteiger partial charge < -0.3 is 14.8 Å². The van der Waals surface area contributed by atoms with Crippen LogP contribution in [0.5, 0.6) is 0 Å². The van der Waals surface area contributed by atoms with Gasteiger partial charge in [0.2, 0.25) is 5.91 Å². The molecule has 0 spiro atoms. The predicted molar refractivity (Wildman–Crippen MR) is 94.6 cm³/mol. The fraction of sp³-hybridized carbons (Fsp3) is 0.421. The third-order valence-electron chi connectivity index (χ3n) is 4.96. The average molecular weight is 338 g/mol. The molecular formula is C19H22N4O2. The first-order valence-corrected chi connectivity index (χ1v) is 8.84. The van der Waals surface area contributed by atoms with Crippen LogP contribution in [0.25, 0.3) is 0 Å². The molecule has 6 heteroatoms. The topological polar surface area (TPSA) is 67.2 Å². The first-order valence-electron chi connectivity index (χ1n) is 8.84. The second-order valence-corrected chi connectivity index (χ2v) is 6.86. The summed E-state index contributed by atoms with van der Waals surface area (Å²) in [6.07, 6.45) is 5.34. The lowest BCUT2D eigenvalue weighted by Gasteiger charge is -2.24. The Labute approximate surface area is 146 Å². The number of aryl methyl sites for hydroxylation is 2. The molecule has 0 unspecified atom stereocenters. The van der Waals surface area contributed by atoms with Gasteiger partial charge in [-0.3, -0.25) is 9.59 Å². The lowest BCUT2D eigenvalue weighted by Crippen LogP contribution is -2.40. The summed E-state index contributed by atoms with van der Waals surface area (Å²) in [4.78, 5) is 30.6. The second kappa shape index (κ2) is 6.35. The Morgan fingerprint density at radius 2 is 2.04 bits per heavy atom. The third kappa shape index (κ3) is 3.16. The molecule has 1 aromatic heterocycles. The number of anilines is 1. The summed E-state index contributed by atoms with van der Waals surface area (Å²) in [6, 6.07) is 7.43. The predicted octanol–water partition coefficient (Wildman–Crippen LogP) is 2.06. The van der Waals surface area contributed by atoms with Crippen molar-refractivity contribution in [3.05, 3.63) is 47.5 Å². The summed E-state index contributed by atoms with van der Waals surface area (Å²) in [5, 5.41) is 3.11. The van der Waals surface area contributed by atoms with Crippen molar-refractivity contribution >= 4 is 17.5 Å². The van der Waals surface area contributed by atoms with Crippen LogP contribution in [-0.4, -0.2) is 34.0 Å². The number of fused-ring (bicyclic) bond motifs is 1. The number of amides is 2. The standard InChI is InChI=1S/C19H22N4O2/c1-13-11-22-12-15(6-9-17(22)20-13)21-19(25)14-4-7-16(8-5-14)23-10-2-3-18(23)24/h4-5,7-8,11,15H,2-3,6,9-10,12H2,1H3,(H,21,25)/t15-/m1/s1. The molecule has 4 rings (SSSR count). The molecule has 0 bridgehead atoms. The van der Waals surface area contributed by atoms with Crippen molar-refractivity contribution in [2.75, 3.05) is 11.4 Å². The van der Waals surface area contributed by atoms with E-state index in [1.807, 2.05) is 25.3 Å². The maximum atomic E-state index is 12.5. The molecule has 1 atom stereocenters. The zero-order valence-electron chi connectivity index (χ0n) is 14.4. The highest BCUT2D eigenvalue weighted by molar-refractivity contribution is 5.97. The van der Waals surface area contributed by atoms with Crippen molar-refractivity contribution in [2.45, 2.75) is 45.2 Å². The summed E-state index contributed by atoms with van der Waals surface area (Å²) in [5.74, 6) is 1.19. The minimum absolute atomic E-state index is 0.0652. The molecule has 6 nitrogen and oxygen atoms in total. The number of hydrogen-bond acceptors (Lipinski definition) is 3. The normalized spacial score (nSPS) is 19.8. The molecule has 0 aliphatic carbocycles. The Morgan fingerprint density at radius 3 is 2.76 bits per heavy atom. The summed E-state index contributed by atoms with van der Waals surface area (Å²) in [5.41, 5.74) is 2.52. The largest absolute Gasteiger partial charge is 0.347 e. The molecule has 25 heavy (non-hydrogen) atoms. The molecule has 130 valence electrons. The van der Waals surface area contributed by atoms with Crippen LogP contribution >= 0.6 is 0 Å². The van der Waals surface area contributed by atoms with Crippen LogP contribution < -0.4 is 10.2 Å². The Bertz CT molecular complexity index is 809. The van der Waals surface area contributed by atoms with Gasteiger partial charge in [0.15, 0.2) is 0 Å². The van der Waals surface area contributed by atoms with Crippen molar-refractivity contribution in [2.24, 2.45) is 0 Å². The van der Waals surface area contributed by atoms with Crippen molar-refractivity contribution in [3.8, 4) is 0 Å². The van der Waals surface area contributed by atoms with Gasteiger partial charge in [-0.15, -0.1) is 0 Å². The van der Waals surface area contributed by atoms with Crippen LogP contribution in [0.15, 0.2) is 30.5 Å². The van der Waals surface area contributed by atoms with Gasteiger partial charge in [-0.1, -0.05) is 0 Å². The van der Waals surface area contributed by atoms with Gasteiger partial charge in [0, 0.05) is 49.4 Å². The summed E-state index contributed by atoms with van der Waals surface area (Å²) < 4.78 is 2.13. The molecular weight excluding hydrogens is 316 g/mol. The van der Waals surface area contributed by atoms with E-state index in [1.165, 1.54) is 0 Å². The lowest BCUT2D eigenvalue weighted by atomic mass is 10.1. The van der Waals surface area contributed by atoms with Crippen LogP contribution in [0.2, 0.25) is 0 Å². The molecule has 3 heterocycles. The molecule has 1 N–H and O–H groups in total. The Kier molecular flexibility index (Phi) is 4.03. The number of carbonyl (C=O) groups excluding carboxylic acids is 2. The van der Waals surface area contributed by atoms with Gasteiger partial charge in [-0.2, -0.15) is 0 Å². The third-order valence-corrected chi connectivity index (χ3v) is 4.96. The molecule has 2 aliphatic rings.